The van der Waals surface area contributed by atoms with Crippen LogP contribution >= 0.6 is 23.2 Å². The molecule has 3 N–H and O–H groups in total. The van der Waals surface area contributed by atoms with Crippen molar-refractivity contribution in [3.63, 3.8) is 0 Å². The molecule has 2 aliphatic carbocycles. The first-order chi connectivity index (χ1) is 17.1. The van der Waals surface area contributed by atoms with E-state index in [1.807, 2.05) is 0 Å². The van der Waals surface area contributed by atoms with Gasteiger partial charge in [0.2, 0.25) is 5.91 Å². The van der Waals surface area contributed by atoms with Gasteiger partial charge in [-0.15, -0.1) is 23.2 Å². The van der Waals surface area contributed by atoms with Crippen LogP contribution < -0.4 is 16.0 Å². The molecule has 9 unspecified atom stereocenters. The summed E-state index contributed by atoms with van der Waals surface area (Å²) in [4.78, 5) is 17.6. The molecule has 0 aromatic carbocycles. The number of nitrogens with one attached hydrogen (secondary N) is 3. The molecule has 0 aromatic rings. The second kappa shape index (κ2) is 12.4. The van der Waals surface area contributed by atoms with Crippen molar-refractivity contribution in [3.8, 4) is 0 Å². The number of alkyl halides is 6. The number of hydrogen-bond acceptors (Lipinski definition) is 4. The molecule has 0 aromatic heterocycles. The summed E-state index contributed by atoms with van der Waals surface area (Å²) in [6.07, 6.45) is -0.747. The lowest BCUT2D eigenvalue weighted by Crippen LogP contribution is -2.59. The molecule has 206 valence electrons. The smallest absolute Gasteiger partial charge is 0.374 e. The van der Waals surface area contributed by atoms with Gasteiger partial charge in [0.15, 0.2) is 0 Å². The molecule has 4 aliphatic rings. The van der Waals surface area contributed by atoms with E-state index in [9.17, 15) is 22.4 Å². The summed E-state index contributed by atoms with van der Waals surface area (Å²) in [6.45, 7) is 1.84. The molecule has 0 bridgehead atoms. The van der Waals surface area contributed by atoms with Gasteiger partial charge in [-0.2, -0.15) is 13.2 Å². The first-order valence-electron chi connectivity index (χ1n) is 13.4. The van der Waals surface area contributed by atoms with Crippen molar-refractivity contribution in [1.82, 2.24) is 16.0 Å². The monoisotopic (exact) mass is 556 g/mol. The topological polar surface area (TPSA) is 65.5 Å². The number of piperidine rings is 1. The van der Waals surface area contributed by atoms with Crippen LogP contribution in [-0.2, 0) is 4.79 Å². The van der Waals surface area contributed by atoms with Crippen LogP contribution in [0.1, 0.15) is 64.2 Å². The molecule has 2 heterocycles. The van der Waals surface area contributed by atoms with Crippen molar-refractivity contribution < 1.29 is 22.4 Å². The third kappa shape index (κ3) is 7.40. The van der Waals surface area contributed by atoms with E-state index in [2.05, 4.69) is 20.9 Å². The second-order valence-electron chi connectivity index (χ2n) is 11.2. The molecule has 2 aliphatic heterocycles. The normalized spacial score (nSPS) is 39.9. The Hall–Kier alpha value is -0.800. The van der Waals surface area contributed by atoms with E-state index in [1.165, 1.54) is 0 Å². The van der Waals surface area contributed by atoms with Gasteiger partial charge in [-0.05, 0) is 75.5 Å². The van der Waals surface area contributed by atoms with E-state index in [4.69, 9.17) is 23.2 Å². The van der Waals surface area contributed by atoms with E-state index in [0.29, 0.717) is 25.9 Å². The minimum absolute atomic E-state index is 0.0196. The Morgan fingerprint density at radius 1 is 1.00 bits per heavy atom. The minimum atomic E-state index is -4.46. The van der Waals surface area contributed by atoms with Crippen LogP contribution in [0, 0.1) is 23.7 Å². The summed E-state index contributed by atoms with van der Waals surface area (Å²) in [6, 6.07) is -1.08. The fourth-order valence-corrected chi connectivity index (χ4v) is 7.10. The number of nitrogens with zero attached hydrogens (tertiary/aromatic N) is 1. The highest BCUT2D eigenvalue weighted by molar-refractivity contribution is 6.30. The molecular weight excluding hydrogens is 519 g/mol. The molecule has 4 rings (SSSR count). The fraction of sp³-hybridized carbons (Fsp3) is 0.920. The molecule has 1 saturated heterocycles. The van der Waals surface area contributed by atoms with E-state index in [0.717, 1.165) is 44.5 Å². The summed E-state index contributed by atoms with van der Waals surface area (Å²) in [5.41, 5.74) is 0. The summed E-state index contributed by atoms with van der Waals surface area (Å²) < 4.78 is 55.6. The molecule has 9 atom stereocenters. The van der Waals surface area contributed by atoms with E-state index >= 15 is 0 Å². The Kier molecular flexibility index (Phi) is 9.70. The number of carbonyl (C=O) groups is 1. The van der Waals surface area contributed by atoms with Crippen molar-refractivity contribution in [2.45, 2.75) is 99.4 Å². The van der Waals surface area contributed by atoms with Crippen LogP contribution in [0.5, 0.6) is 0 Å². The van der Waals surface area contributed by atoms with Crippen molar-refractivity contribution in [1.29, 1.82) is 0 Å². The van der Waals surface area contributed by atoms with Crippen molar-refractivity contribution in [2.75, 3.05) is 19.6 Å². The fourth-order valence-electron chi connectivity index (χ4n) is 6.49. The third-order valence-corrected chi connectivity index (χ3v) is 9.63. The van der Waals surface area contributed by atoms with Gasteiger partial charge >= 0.3 is 6.18 Å². The van der Waals surface area contributed by atoms with E-state index in [1.54, 1.807) is 0 Å². The number of amides is 1. The second-order valence-corrected chi connectivity index (χ2v) is 12.3. The quantitative estimate of drug-likeness (QED) is 0.320. The van der Waals surface area contributed by atoms with Gasteiger partial charge in [0.1, 0.15) is 6.17 Å². The Morgan fingerprint density at radius 2 is 1.81 bits per heavy atom. The lowest BCUT2D eigenvalue weighted by molar-refractivity contribution is -0.206. The Balaban J connectivity index is 1.42. The van der Waals surface area contributed by atoms with Crippen LogP contribution in [0.3, 0.4) is 0 Å². The third-order valence-electron chi connectivity index (χ3n) is 8.50. The highest BCUT2D eigenvalue weighted by Gasteiger charge is 2.51. The first-order valence-corrected chi connectivity index (χ1v) is 14.3. The molecule has 3 fully saturated rings. The minimum Gasteiger partial charge on any atom is -0.374 e. The molecule has 36 heavy (non-hydrogen) atoms. The lowest BCUT2D eigenvalue weighted by Gasteiger charge is -2.45. The lowest BCUT2D eigenvalue weighted by atomic mass is 9.70. The zero-order valence-corrected chi connectivity index (χ0v) is 22.0. The van der Waals surface area contributed by atoms with E-state index in [-0.39, 0.29) is 41.3 Å². The van der Waals surface area contributed by atoms with Gasteiger partial charge in [-0.3, -0.25) is 9.79 Å². The highest BCUT2D eigenvalue weighted by atomic mass is 35.5. The average Bonchev–Trinajstić information content (AvgIpc) is 3.36. The molecule has 11 heteroatoms. The predicted molar refractivity (Wildman–Crippen MR) is 134 cm³/mol. The molecule has 0 spiro atoms. The molecule has 1 amide bonds. The van der Waals surface area contributed by atoms with Crippen LogP contribution in [0.25, 0.3) is 0 Å². The van der Waals surface area contributed by atoms with Crippen molar-refractivity contribution in [3.05, 3.63) is 0 Å². The Bertz CT molecular complexity index is 786. The SMILES string of the molecule is O=C(NCC1CCC(Cl)C(Cl)C1)C1CC(CNC2=NCCC2)CC(C2CCC(F)CC2C(F)(F)F)N1. The van der Waals surface area contributed by atoms with Gasteiger partial charge in [-0.25, -0.2) is 4.39 Å². The Labute approximate surface area is 220 Å². The maximum atomic E-state index is 14.0. The van der Waals surface area contributed by atoms with Crippen LogP contribution in [0.4, 0.5) is 17.6 Å². The first kappa shape index (κ1) is 28.2. The van der Waals surface area contributed by atoms with Gasteiger partial charge in [0.25, 0.3) is 0 Å². The average molecular weight is 558 g/mol. The van der Waals surface area contributed by atoms with Crippen molar-refractivity contribution in [2.24, 2.45) is 28.7 Å². The maximum absolute atomic E-state index is 14.0. The number of hydrogen-bond donors (Lipinski definition) is 3. The van der Waals surface area contributed by atoms with Crippen LogP contribution in [0.2, 0.25) is 0 Å². The zero-order chi connectivity index (χ0) is 25.9. The maximum Gasteiger partial charge on any atom is 0.392 e. The largest absolute Gasteiger partial charge is 0.392 e. The summed E-state index contributed by atoms with van der Waals surface area (Å²) >= 11 is 12.5. The zero-order valence-electron chi connectivity index (χ0n) is 20.5. The molecule has 2 saturated carbocycles. The summed E-state index contributed by atoms with van der Waals surface area (Å²) in [7, 11) is 0. The van der Waals surface area contributed by atoms with E-state index < -0.39 is 42.7 Å². The number of carbonyl (C=O) groups excluding carboxylic acids is 1. The number of halogens is 6. The number of amidine groups is 1. The summed E-state index contributed by atoms with van der Waals surface area (Å²) in [5.74, 6) is -1.44. The molecule has 0 radical (unpaired) electrons. The van der Waals surface area contributed by atoms with Crippen molar-refractivity contribution >= 4 is 34.9 Å². The van der Waals surface area contributed by atoms with Crippen LogP contribution in [-0.4, -0.2) is 66.6 Å². The standard InChI is InChI=1S/C25H38Cl2F4N4O/c26-19-6-3-14(8-20(19)27)12-34-24(36)22-10-15(13-33-23-2-1-7-32-23)9-21(35-22)17-5-4-16(28)11-18(17)25(29,30)31/h14-22,35H,1-13H2,(H,32,33)(H,34,36). The van der Waals surface area contributed by atoms with Crippen LogP contribution in [0.15, 0.2) is 4.99 Å². The van der Waals surface area contributed by atoms with Gasteiger partial charge in [0, 0.05) is 37.5 Å². The van der Waals surface area contributed by atoms with Gasteiger partial charge in [0.05, 0.1) is 23.2 Å². The highest BCUT2D eigenvalue weighted by Crippen LogP contribution is 2.45. The van der Waals surface area contributed by atoms with Gasteiger partial charge in [-0.1, -0.05) is 0 Å². The Morgan fingerprint density at radius 3 is 2.50 bits per heavy atom. The number of aliphatic imine (C=N–C) groups is 1. The number of rotatable bonds is 6. The molecule has 5 nitrogen and oxygen atoms in total. The summed E-state index contributed by atoms with van der Waals surface area (Å²) in [5, 5.41) is 9.45. The van der Waals surface area contributed by atoms with Gasteiger partial charge < -0.3 is 16.0 Å². The predicted octanol–water partition coefficient (Wildman–Crippen LogP) is 4.95. The molecular formula is C25H38Cl2F4N4O.